The van der Waals surface area contributed by atoms with Gasteiger partial charge in [-0.15, -0.1) is 0 Å². The predicted molar refractivity (Wildman–Crippen MR) is 104 cm³/mol. The minimum absolute atomic E-state index is 0.218. The molecule has 5 atom stereocenters. The second-order valence-corrected chi connectivity index (χ2v) is 11.0. The summed E-state index contributed by atoms with van der Waals surface area (Å²) in [5.74, 6) is -0.708. The molecule has 6 heteroatoms. The first-order valence-corrected chi connectivity index (χ1v) is 11.1. The fraction of sp³-hybridized carbons (Fsp3) is 0.619. The third-order valence-corrected chi connectivity index (χ3v) is 8.57. The number of hydrogen-bond acceptors (Lipinski definition) is 5. The first-order chi connectivity index (χ1) is 12.4. The number of benzene rings is 1. The van der Waals surface area contributed by atoms with Crippen molar-refractivity contribution in [2.75, 3.05) is 5.75 Å². The largest absolute Gasteiger partial charge is 0.392 e. The molecule has 0 aliphatic heterocycles. The third kappa shape index (κ3) is 3.16. The van der Waals surface area contributed by atoms with Gasteiger partial charge in [0.1, 0.15) is 6.10 Å². The Kier molecular flexibility index (Phi) is 5.09. The first-order valence-electron chi connectivity index (χ1n) is 9.45. The molecule has 2 aliphatic rings. The summed E-state index contributed by atoms with van der Waals surface area (Å²) in [4.78, 5) is 0.218. The molecule has 150 valence electrons. The fourth-order valence-corrected chi connectivity index (χ4v) is 7.06. The summed E-state index contributed by atoms with van der Waals surface area (Å²) in [6.45, 7) is 7.54. The molecule has 0 spiro atoms. The van der Waals surface area contributed by atoms with Gasteiger partial charge in [-0.2, -0.15) is 0 Å². The molecule has 0 amide bonds. The second-order valence-electron chi connectivity index (χ2n) is 8.97. The third-order valence-electron chi connectivity index (χ3n) is 6.91. The highest BCUT2D eigenvalue weighted by Crippen LogP contribution is 2.59. The number of hydrogen-bond donors (Lipinski definition) is 3. The van der Waals surface area contributed by atoms with E-state index in [1.807, 2.05) is 20.8 Å². The number of rotatable bonds is 3. The number of sulfone groups is 1. The maximum atomic E-state index is 13.1. The van der Waals surface area contributed by atoms with E-state index in [2.05, 4.69) is 0 Å². The van der Waals surface area contributed by atoms with E-state index in [1.165, 1.54) is 0 Å². The van der Waals surface area contributed by atoms with Gasteiger partial charge >= 0.3 is 0 Å². The number of aliphatic hydroxyl groups excluding tert-OH is 3. The molecule has 5 nitrogen and oxygen atoms in total. The highest BCUT2D eigenvalue weighted by molar-refractivity contribution is 7.91. The van der Waals surface area contributed by atoms with Crippen molar-refractivity contribution < 1.29 is 23.7 Å². The van der Waals surface area contributed by atoms with Crippen LogP contribution in [0.15, 0.2) is 46.4 Å². The molecule has 0 bridgehead atoms. The fourth-order valence-electron chi connectivity index (χ4n) is 5.40. The van der Waals surface area contributed by atoms with Gasteiger partial charge < -0.3 is 15.3 Å². The Morgan fingerprint density at radius 2 is 1.67 bits per heavy atom. The zero-order valence-electron chi connectivity index (χ0n) is 16.4. The normalized spacial score (nSPS) is 36.4. The summed E-state index contributed by atoms with van der Waals surface area (Å²) < 4.78 is 26.1. The quantitative estimate of drug-likeness (QED) is 0.684. The summed E-state index contributed by atoms with van der Waals surface area (Å²) in [5, 5.41) is 32.5. The van der Waals surface area contributed by atoms with Crippen LogP contribution in [-0.2, 0) is 9.84 Å². The molecule has 1 aromatic rings. The molecule has 1 saturated carbocycles. The van der Waals surface area contributed by atoms with E-state index >= 15 is 0 Å². The lowest BCUT2D eigenvalue weighted by atomic mass is 9.48. The molecule has 27 heavy (non-hydrogen) atoms. The van der Waals surface area contributed by atoms with Crippen LogP contribution in [0.5, 0.6) is 0 Å². The van der Waals surface area contributed by atoms with Gasteiger partial charge in [0.25, 0.3) is 0 Å². The van der Waals surface area contributed by atoms with Crippen LogP contribution in [0.1, 0.15) is 40.5 Å². The molecule has 0 radical (unpaired) electrons. The maximum Gasteiger partial charge on any atom is 0.182 e. The Bertz CT molecular complexity index is 843. The number of aliphatic hydroxyl groups is 3. The first kappa shape index (κ1) is 20.5. The Morgan fingerprint density at radius 3 is 2.26 bits per heavy atom. The van der Waals surface area contributed by atoms with Crippen molar-refractivity contribution >= 4 is 9.84 Å². The molecule has 3 N–H and O–H groups in total. The van der Waals surface area contributed by atoms with E-state index in [4.69, 9.17) is 0 Å². The smallest absolute Gasteiger partial charge is 0.182 e. The van der Waals surface area contributed by atoms with Crippen molar-refractivity contribution in [2.45, 2.75) is 63.7 Å². The molecule has 1 fully saturated rings. The van der Waals surface area contributed by atoms with Crippen molar-refractivity contribution in [1.82, 2.24) is 0 Å². The minimum atomic E-state index is -3.64. The van der Waals surface area contributed by atoms with Crippen LogP contribution in [-0.4, -0.2) is 47.8 Å². The van der Waals surface area contributed by atoms with Crippen LogP contribution >= 0.6 is 0 Å². The molecule has 1 aromatic carbocycles. The van der Waals surface area contributed by atoms with Crippen molar-refractivity contribution in [3.63, 3.8) is 0 Å². The Labute approximate surface area is 161 Å². The van der Waals surface area contributed by atoms with Gasteiger partial charge in [0.15, 0.2) is 9.84 Å². The van der Waals surface area contributed by atoms with E-state index < -0.39 is 39.5 Å². The van der Waals surface area contributed by atoms with E-state index in [0.29, 0.717) is 24.0 Å². The van der Waals surface area contributed by atoms with Crippen molar-refractivity contribution in [3.8, 4) is 0 Å². The molecule has 0 unspecified atom stereocenters. The average Bonchev–Trinajstić information content (AvgIpc) is 2.61. The monoisotopic (exact) mass is 394 g/mol. The van der Waals surface area contributed by atoms with Gasteiger partial charge in [-0.05, 0) is 48.5 Å². The van der Waals surface area contributed by atoms with Gasteiger partial charge in [-0.3, -0.25) is 0 Å². The van der Waals surface area contributed by atoms with E-state index in [-0.39, 0.29) is 16.1 Å². The topological polar surface area (TPSA) is 94.8 Å². The zero-order chi connectivity index (χ0) is 20.2. The summed E-state index contributed by atoms with van der Waals surface area (Å²) in [6, 6.07) is 8.23. The molecule has 2 aliphatic carbocycles. The van der Waals surface area contributed by atoms with Crippen molar-refractivity contribution in [3.05, 3.63) is 41.5 Å². The maximum absolute atomic E-state index is 13.1. The lowest BCUT2D eigenvalue weighted by Gasteiger charge is -2.59. The van der Waals surface area contributed by atoms with E-state index in [1.54, 1.807) is 37.3 Å². The summed E-state index contributed by atoms with van der Waals surface area (Å²) in [6.07, 6.45) is -1.70. The highest BCUT2D eigenvalue weighted by atomic mass is 32.2. The highest BCUT2D eigenvalue weighted by Gasteiger charge is 2.60. The van der Waals surface area contributed by atoms with Gasteiger partial charge in [-0.25, -0.2) is 8.42 Å². The van der Waals surface area contributed by atoms with Crippen LogP contribution in [0.25, 0.3) is 0 Å². The molecular formula is C21H30O5S. The predicted octanol–water partition coefficient (Wildman–Crippen LogP) is 2.32. The zero-order valence-corrected chi connectivity index (χ0v) is 17.2. The van der Waals surface area contributed by atoms with Gasteiger partial charge in [0.05, 0.1) is 22.9 Å². The molecule has 0 saturated heterocycles. The van der Waals surface area contributed by atoms with Crippen LogP contribution in [0.4, 0.5) is 0 Å². The van der Waals surface area contributed by atoms with E-state index in [9.17, 15) is 23.7 Å². The van der Waals surface area contributed by atoms with Crippen molar-refractivity contribution in [1.29, 1.82) is 0 Å². The van der Waals surface area contributed by atoms with Crippen LogP contribution in [0, 0.1) is 16.7 Å². The molecule has 0 aromatic heterocycles. The summed E-state index contributed by atoms with van der Waals surface area (Å²) in [5.41, 5.74) is -0.254. The van der Waals surface area contributed by atoms with Crippen LogP contribution in [0.3, 0.4) is 0 Å². The Hall–Kier alpha value is -1.21. The lowest BCUT2D eigenvalue weighted by molar-refractivity contribution is -0.157. The van der Waals surface area contributed by atoms with Gasteiger partial charge in [0, 0.05) is 11.3 Å². The molecule has 0 heterocycles. The average molecular weight is 395 g/mol. The van der Waals surface area contributed by atoms with Crippen molar-refractivity contribution in [2.24, 2.45) is 16.7 Å². The molecule has 3 rings (SSSR count). The summed E-state index contributed by atoms with van der Waals surface area (Å²) >= 11 is 0. The van der Waals surface area contributed by atoms with Gasteiger partial charge in [0.2, 0.25) is 0 Å². The minimum Gasteiger partial charge on any atom is -0.392 e. The molecular weight excluding hydrogens is 364 g/mol. The Morgan fingerprint density at radius 1 is 1.07 bits per heavy atom. The van der Waals surface area contributed by atoms with Crippen LogP contribution < -0.4 is 0 Å². The SMILES string of the molecule is CC1=C(CS(=O)(=O)c2ccccc2)[C@@]2(C)[C@H](O)CCC(C)(C)[C@@H]2[C@@H](O)[C@H]1O. The van der Waals surface area contributed by atoms with Gasteiger partial charge in [-0.1, -0.05) is 39.0 Å². The Balaban J connectivity index is 2.15. The number of fused-ring (bicyclic) bond motifs is 1. The lowest BCUT2D eigenvalue weighted by Crippen LogP contribution is -2.62. The summed E-state index contributed by atoms with van der Waals surface area (Å²) in [7, 11) is -3.64. The second kappa shape index (κ2) is 6.69. The standard InChI is InChI=1S/C21H30O5S/c1-13-15(12-27(25,26)14-8-6-5-7-9-14)21(4)16(22)10-11-20(2,3)19(21)18(24)17(13)23/h5-9,16-19,22-24H,10-12H2,1-4H3/t16-,17+,18+,19+,21+/m1/s1. The van der Waals surface area contributed by atoms with Crippen LogP contribution in [0.2, 0.25) is 0 Å². The van der Waals surface area contributed by atoms with E-state index in [0.717, 1.165) is 0 Å².